The monoisotopic (exact) mass is 222 g/mol. The molecule has 1 aromatic heterocycles. The number of piperidine rings is 1. The van der Waals surface area contributed by atoms with E-state index in [9.17, 15) is 0 Å². The first-order valence-electron chi connectivity index (χ1n) is 6.11. The summed E-state index contributed by atoms with van der Waals surface area (Å²) in [6.45, 7) is 5.65. The predicted molar refractivity (Wildman–Crippen MR) is 65.1 cm³/mol. The van der Waals surface area contributed by atoms with E-state index in [0.29, 0.717) is 12.0 Å². The number of rotatable bonds is 3. The second-order valence-electron chi connectivity index (χ2n) is 4.93. The summed E-state index contributed by atoms with van der Waals surface area (Å²) >= 11 is 0. The third kappa shape index (κ3) is 2.62. The maximum atomic E-state index is 6.01. The third-order valence-corrected chi connectivity index (χ3v) is 3.66. The molecule has 90 valence electrons. The Kier molecular flexibility index (Phi) is 3.61. The van der Waals surface area contributed by atoms with Crippen LogP contribution >= 0.6 is 0 Å². The largest absolute Gasteiger partial charge is 0.327 e. The molecule has 1 saturated heterocycles. The molecule has 1 aliphatic rings. The molecule has 1 aliphatic heterocycles. The Morgan fingerprint density at radius 2 is 2.38 bits per heavy atom. The molecule has 2 atom stereocenters. The van der Waals surface area contributed by atoms with Crippen LogP contribution in [0.1, 0.15) is 19.0 Å². The summed E-state index contributed by atoms with van der Waals surface area (Å²) in [6, 6.07) is 2.49. The van der Waals surface area contributed by atoms with E-state index in [1.807, 2.05) is 17.9 Å². The summed E-state index contributed by atoms with van der Waals surface area (Å²) in [5, 5.41) is 4.19. The van der Waals surface area contributed by atoms with Crippen LogP contribution in [0.2, 0.25) is 0 Å². The van der Waals surface area contributed by atoms with Gasteiger partial charge in [-0.25, -0.2) is 0 Å². The minimum absolute atomic E-state index is 0.396. The van der Waals surface area contributed by atoms with Crippen LogP contribution < -0.4 is 5.73 Å². The third-order valence-electron chi connectivity index (χ3n) is 3.66. The van der Waals surface area contributed by atoms with Gasteiger partial charge in [-0.2, -0.15) is 5.10 Å². The Bertz CT molecular complexity index is 334. The van der Waals surface area contributed by atoms with Gasteiger partial charge in [0.15, 0.2) is 0 Å². The van der Waals surface area contributed by atoms with Crippen molar-refractivity contribution < 1.29 is 0 Å². The molecular formula is C12H22N4. The second kappa shape index (κ2) is 4.97. The quantitative estimate of drug-likeness (QED) is 0.816. The lowest BCUT2D eigenvalue weighted by molar-refractivity contribution is 0.165. The lowest BCUT2D eigenvalue weighted by Crippen LogP contribution is -2.46. The van der Waals surface area contributed by atoms with Gasteiger partial charge in [0.05, 0.1) is 0 Å². The van der Waals surface area contributed by atoms with Crippen LogP contribution in [0.5, 0.6) is 0 Å². The Labute approximate surface area is 97.4 Å². The van der Waals surface area contributed by atoms with Gasteiger partial charge in [-0.3, -0.25) is 4.68 Å². The minimum Gasteiger partial charge on any atom is -0.327 e. The lowest BCUT2D eigenvalue weighted by Gasteiger charge is -2.35. The smallest absolute Gasteiger partial charge is 0.0492 e. The van der Waals surface area contributed by atoms with E-state index in [0.717, 1.165) is 32.5 Å². The predicted octanol–water partition coefficient (Wildman–Crippen LogP) is 0.632. The molecule has 0 bridgehead atoms. The van der Waals surface area contributed by atoms with Crippen LogP contribution in [0.15, 0.2) is 12.3 Å². The van der Waals surface area contributed by atoms with Crippen molar-refractivity contribution in [3.8, 4) is 0 Å². The number of likely N-dealkylation sites (tertiary alicyclic amines) is 1. The van der Waals surface area contributed by atoms with Gasteiger partial charge in [-0.05, 0) is 24.9 Å². The highest BCUT2D eigenvalue weighted by atomic mass is 15.3. The van der Waals surface area contributed by atoms with Crippen molar-refractivity contribution in [3.63, 3.8) is 0 Å². The fourth-order valence-corrected chi connectivity index (χ4v) is 2.37. The zero-order valence-electron chi connectivity index (χ0n) is 10.3. The van der Waals surface area contributed by atoms with Gasteiger partial charge < -0.3 is 10.6 Å². The van der Waals surface area contributed by atoms with Crippen molar-refractivity contribution in [2.24, 2.45) is 18.7 Å². The summed E-state index contributed by atoms with van der Waals surface area (Å²) in [4.78, 5) is 2.51. The van der Waals surface area contributed by atoms with Gasteiger partial charge >= 0.3 is 0 Å². The van der Waals surface area contributed by atoms with Gasteiger partial charge in [-0.1, -0.05) is 6.92 Å². The SMILES string of the molecule is CC1CN(CCc2ccnn2C)CCC1N. The van der Waals surface area contributed by atoms with Crippen molar-refractivity contribution in [3.05, 3.63) is 18.0 Å². The van der Waals surface area contributed by atoms with Gasteiger partial charge in [0.2, 0.25) is 0 Å². The Morgan fingerprint density at radius 1 is 1.56 bits per heavy atom. The molecule has 2 rings (SSSR count). The number of nitrogens with zero attached hydrogens (tertiary/aromatic N) is 3. The lowest BCUT2D eigenvalue weighted by atomic mass is 9.95. The normalized spacial score (nSPS) is 27.2. The first-order chi connectivity index (χ1) is 7.66. The number of hydrogen-bond acceptors (Lipinski definition) is 3. The summed E-state index contributed by atoms with van der Waals surface area (Å²) in [5.74, 6) is 0.625. The molecule has 1 fully saturated rings. The Hall–Kier alpha value is -0.870. The molecule has 2 N–H and O–H groups in total. The molecular weight excluding hydrogens is 200 g/mol. The number of aromatic nitrogens is 2. The van der Waals surface area contributed by atoms with Crippen LogP contribution in [-0.4, -0.2) is 40.4 Å². The first-order valence-corrected chi connectivity index (χ1v) is 6.11. The summed E-state index contributed by atoms with van der Waals surface area (Å²) in [7, 11) is 2.00. The summed E-state index contributed by atoms with van der Waals surface area (Å²) in [5.41, 5.74) is 7.32. The number of nitrogens with two attached hydrogens (primary N) is 1. The molecule has 2 unspecified atom stereocenters. The van der Waals surface area contributed by atoms with Gasteiger partial charge in [0, 0.05) is 44.5 Å². The molecule has 0 radical (unpaired) electrons. The van der Waals surface area contributed by atoms with E-state index in [2.05, 4.69) is 23.0 Å². The molecule has 2 heterocycles. The molecule has 1 aromatic rings. The van der Waals surface area contributed by atoms with Crippen molar-refractivity contribution in [2.45, 2.75) is 25.8 Å². The van der Waals surface area contributed by atoms with E-state index in [4.69, 9.17) is 5.73 Å². The van der Waals surface area contributed by atoms with Gasteiger partial charge in [0.25, 0.3) is 0 Å². The van der Waals surface area contributed by atoms with Crippen LogP contribution in [0.4, 0.5) is 0 Å². The van der Waals surface area contributed by atoms with Crippen molar-refractivity contribution in [1.29, 1.82) is 0 Å². The van der Waals surface area contributed by atoms with Gasteiger partial charge in [0.1, 0.15) is 0 Å². The van der Waals surface area contributed by atoms with Crippen molar-refractivity contribution in [2.75, 3.05) is 19.6 Å². The van der Waals surface area contributed by atoms with E-state index in [1.54, 1.807) is 0 Å². The second-order valence-corrected chi connectivity index (χ2v) is 4.93. The molecule has 4 heteroatoms. The average molecular weight is 222 g/mol. The Morgan fingerprint density at radius 3 is 3.00 bits per heavy atom. The molecule has 16 heavy (non-hydrogen) atoms. The first kappa shape index (κ1) is 11.6. The van der Waals surface area contributed by atoms with E-state index in [-0.39, 0.29) is 0 Å². The molecule has 0 amide bonds. The fourth-order valence-electron chi connectivity index (χ4n) is 2.37. The standard InChI is InChI=1S/C12H22N4/c1-10-9-16(8-5-12(10)13)7-4-11-3-6-14-15(11)2/h3,6,10,12H,4-5,7-9,13H2,1-2H3. The van der Waals surface area contributed by atoms with Crippen LogP contribution in [0.3, 0.4) is 0 Å². The minimum atomic E-state index is 0.396. The number of aryl methyl sites for hydroxylation is 1. The zero-order chi connectivity index (χ0) is 11.5. The van der Waals surface area contributed by atoms with Crippen molar-refractivity contribution in [1.82, 2.24) is 14.7 Å². The molecule has 0 spiro atoms. The van der Waals surface area contributed by atoms with Crippen LogP contribution in [-0.2, 0) is 13.5 Å². The molecule has 4 nitrogen and oxygen atoms in total. The van der Waals surface area contributed by atoms with Gasteiger partial charge in [-0.15, -0.1) is 0 Å². The summed E-state index contributed by atoms with van der Waals surface area (Å²) < 4.78 is 1.96. The molecule has 0 aliphatic carbocycles. The summed E-state index contributed by atoms with van der Waals surface area (Å²) in [6.07, 6.45) is 4.08. The van der Waals surface area contributed by atoms with Crippen LogP contribution in [0.25, 0.3) is 0 Å². The highest BCUT2D eigenvalue weighted by molar-refractivity contribution is 5.00. The maximum absolute atomic E-state index is 6.01. The molecule has 0 aromatic carbocycles. The van der Waals surface area contributed by atoms with E-state index in [1.165, 1.54) is 5.69 Å². The van der Waals surface area contributed by atoms with E-state index >= 15 is 0 Å². The maximum Gasteiger partial charge on any atom is 0.0492 e. The Balaban J connectivity index is 1.81. The van der Waals surface area contributed by atoms with Crippen molar-refractivity contribution >= 4 is 0 Å². The molecule has 0 saturated carbocycles. The zero-order valence-corrected chi connectivity index (χ0v) is 10.3. The fraction of sp³-hybridized carbons (Fsp3) is 0.750. The highest BCUT2D eigenvalue weighted by Gasteiger charge is 2.22. The van der Waals surface area contributed by atoms with Crippen LogP contribution in [0, 0.1) is 5.92 Å². The highest BCUT2D eigenvalue weighted by Crippen LogP contribution is 2.15. The van der Waals surface area contributed by atoms with E-state index < -0.39 is 0 Å². The average Bonchev–Trinajstić information content (AvgIpc) is 2.66. The number of hydrogen-bond donors (Lipinski definition) is 1. The topological polar surface area (TPSA) is 47.1 Å².